The zero-order valence-electron chi connectivity index (χ0n) is 17.6. The van der Waals surface area contributed by atoms with Gasteiger partial charge >= 0.3 is 0 Å². The number of pyridine rings is 2. The first-order valence-corrected chi connectivity index (χ1v) is 11.0. The summed E-state index contributed by atoms with van der Waals surface area (Å²) in [5.74, 6) is 0.246. The number of aromatic nitrogens is 3. The summed E-state index contributed by atoms with van der Waals surface area (Å²) in [5.41, 5.74) is 6.45. The predicted molar refractivity (Wildman–Crippen MR) is 122 cm³/mol. The van der Waals surface area contributed by atoms with Crippen LogP contribution in [0.2, 0.25) is 0 Å². The molecule has 31 heavy (non-hydrogen) atoms. The number of nitrogens with zero attached hydrogens (tertiary/aromatic N) is 4. The first-order valence-electron chi connectivity index (χ1n) is 11.0. The number of aryl methyl sites for hydroxylation is 1. The summed E-state index contributed by atoms with van der Waals surface area (Å²) in [6, 6.07) is 14.8. The van der Waals surface area contributed by atoms with Gasteiger partial charge in [-0.05, 0) is 62.1 Å². The highest BCUT2D eigenvalue weighted by Gasteiger charge is 2.44. The van der Waals surface area contributed by atoms with E-state index in [9.17, 15) is 4.79 Å². The molecular formula is C25H25N5O. The molecule has 156 valence electrons. The molecule has 0 saturated carbocycles. The topological polar surface area (TPSA) is 62.5 Å². The Morgan fingerprint density at radius 3 is 2.74 bits per heavy atom. The Hall–Kier alpha value is -3.41. The fourth-order valence-electron chi connectivity index (χ4n) is 5.26. The van der Waals surface area contributed by atoms with E-state index < -0.39 is 0 Å². The van der Waals surface area contributed by atoms with E-state index in [2.05, 4.69) is 62.8 Å². The molecule has 6 rings (SSSR count). The van der Waals surface area contributed by atoms with Crippen LogP contribution < -0.4 is 10.2 Å². The molecule has 6 heteroatoms. The highest BCUT2D eigenvalue weighted by Crippen LogP contribution is 2.41. The van der Waals surface area contributed by atoms with E-state index in [0.29, 0.717) is 0 Å². The quantitative estimate of drug-likeness (QED) is 0.542. The maximum Gasteiger partial charge on any atom is 0.226 e. The highest BCUT2D eigenvalue weighted by atomic mass is 16.2. The Morgan fingerprint density at radius 1 is 1.06 bits per heavy atom. The second-order valence-corrected chi connectivity index (χ2v) is 8.88. The lowest BCUT2D eigenvalue weighted by Crippen LogP contribution is -2.44. The Balaban J connectivity index is 1.40. The van der Waals surface area contributed by atoms with Crippen LogP contribution in [-0.4, -0.2) is 40.1 Å². The number of piperidine rings is 1. The van der Waals surface area contributed by atoms with Crippen molar-refractivity contribution in [2.75, 3.05) is 24.5 Å². The number of hydrogen-bond donors (Lipinski definition) is 1. The number of carbonyl (C=O) groups is 1. The van der Waals surface area contributed by atoms with Gasteiger partial charge in [-0.25, -0.2) is 4.52 Å². The van der Waals surface area contributed by atoms with Crippen LogP contribution in [0.5, 0.6) is 0 Å². The molecule has 4 aromatic rings. The molecule has 6 nitrogen and oxygen atoms in total. The molecule has 2 fully saturated rings. The Kier molecular flexibility index (Phi) is 4.03. The number of amides is 1. The van der Waals surface area contributed by atoms with Crippen LogP contribution >= 0.6 is 0 Å². The average molecular weight is 412 g/mol. The van der Waals surface area contributed by atoms with Crippen LogP contribution in [0.3, 0.4) is 0 Å². The number of hydrogen-bond acceptors (Lipinski definition) is 4. The molecule has 5 heterocycles. The molecule has 2 aliphatic rings. The number of anilines is 1. The molecule has 2 aliphatic heterocycles. The third-order valence-electron chi connectivity index (χ3n) is 7.09. The van der Waals surface area contributed by atoms with Crippen molar-refractivity contribution in [3.05, 3.63) is 60.6 Å². The van der Waals surface area contributed by atoms with Gasteiger partial charge in [-0.2, -0.15) is 5.10 Å². The minimum absolute atomic E-state index is 0.159. The summed E-state index contributed by atoms with van der Waals surface area (Å²) in [6.07, 6.45) is 6.74. The minimum Gasteiger partial charge on any atom is -0.370 e. The first-order chi connectivity index (χ1) is 15.1. The number of carbonyl (C=O) groups excluding carboxylic acids is 1. The summed E-state index contributed by atoms with van der Waals surface area (Å²) in [5, 5.41) is 8.80. The Morgan fingerprint density at radius 2 is 1.94 bits per heavy atom. The summed E-state index contributed by atoms with van der Waals surface area (Å²) in [4.78, 5) is 19.4. The van der Waals surface area contributed by atoms with Gasteiger partial charge in [0.2, 0.25) is 5.91 Å². The molecule has 1 amide bonds. The van der Waals surface area contributed by atoms with Crippen LogP contribution in [-0.2, 0) is 4.79 Å². The SMILES string of the molecule is Cc1ccc2cc(-c3cnn4cccc(N5CCC6(CCNC6=O)CC5)c34)ccc2n1. The number of rotatable bonds is 2. The van der Waals surface area contributed by atoms with Crippen molar-refractivity contribution >= 4 is 28.0 Å². The lowest BCUT2D eigenvalue weighted by Gasteiger charge is -2.38. The van der Waals surface area contributed by atoms with Crippen molar-refractivity contribution in [3.63, 3.8) is 0 Å². The molecule has 1 spiro atoms. The zero-order valence-corrected chi connectivity index (χ0v) is 17.6. The molecular weight excluding hydrogens is 386 g/mol. The molecule has 0 atom stereocenters. The second-order valence-electron chi connectivity index (χ2n) is 8.88. The molecule has 0 bridgehead atoms. The van der Waals surface area contributed by atoms with E-state index in [-0.39, 0.29) is 11.3 Å². The second kappa shape index (κ2) is 6.80. The van der Waals surface area contributed by atoms with Gasteiger partial charge in [0.25, 0.3) is 0 Å². The van der Waals surface area contributed by atoms with Gasteiger partial charge in [-0.15, -0.1) is 0 Å². The lowest BCUT2D eigenvalue weighted by molar-refractivity contribution is -0.128. The maximum atomic E-state index is 12.4. The summed E-state index contributed by atoms with van der Waals surface area (Å²) < 4.78 is 1.97. The molecule has 0 unspecified atom stereocenters. The van der Waals surface area contributed by atoms with Crippen LogP contribution in [0.4, 0.5) is 5.69 Å². The van der Waals surface area contributed by atoms with E-state index in [1.54, 1.807) is 0 Å². The minimum atomic E-state index is -0.159. The van der Waals surface area contributed by atoms with E-state index in [1.165, 1.54) is 5.69 Å². The summed E-state index contributed by atoms with van der Waals surface area (Å²) >= 11 is 0. The fraction of sp³-hybridized carbons (Fsp3) is 0.320. The molecule has 1 aromatic carbocycles. The van der Waals surface area contributed by atoms with Crippen molar-refractivity contribution in [2.45, 2.75) is 26.2 Å². The maximum absolute atomic E-state index is 12.4. The van der Waals surface area contributed by atoms with Crippen molar-refractivity contribution < 1.29 is 4.79 Å². The van der Waals surface area contributed by atoms with Gasteiger partial charge in [0, 0.05) is 42.5 Å². The van der Waals surface area contributed by atoms with Crippen molar-refractivity contribution in [1.29, 1.82) is 0 Å². The average Bonchev–Trinajstić information content (AvgIpc) is 3.38. The third kappa shape index (κ3) is 2.89. The van der Waals surface area contributed by atoms with Crippen LogP contribution in [0.15, 0.2) is 54.9 Å². The molecule has 2 saturated heterocycles. The highest BCUT2D eigenvalue weighted by molar-refractivity contribution is 5.94. The molecule has 1 N–H and O–H groups in total. The summed E-state index contributed by atoms with van der Waals surface area (Å²) in [7, 11) is 0. The van der Waals surface area contributed by atoms with E-state index in [4.69, 9.17) is 0 Å². The monoisotopic (exact) mass is 411 g/mol. The normalized spacial score (nSPS) is 18.2. The first kappa shape index (κ1) is 18.4. The largest absolute Gasteiger partial charge is 0.370 e. The Labute approximate surface area is 180 Å². The molecule has 0 aliphatic carbocycles. The van der Waals surface area contributed by atoms with Gasteiger partial charge in [0.05, 0.1) is 28.3 Å². The van der Waals surface area contributed by atoms with Crippen molar-refractivity contribution in [3.8, 4) is 11.1 Å². The number of fused-ring (bicyclic) bond motifs is 2. The van der Waals surface area contributed by atoms with E-state index >= 15 is 0 Å². The van der Waals surface area contributed by atoms with E-state index in [0.717, 1.165) is 72.1 Å². The van der Waals surface area contributed by atoms with Crippen LogP contribution in [0.1, 0.15) is 25.0 Å². The van der Waals surface area contributed by atoms with Gasteiger partial charge in [0.15, 0.2) is 0 Å². The molecule has 3 aromatic heterocycles. The zero-order chi connectivity index (χ0) is 21.0. The van der Waals surface area contributed by atoms with Crippen LogP contribution in [0.25, 0.3) is 27.5 Å². The third-order valence-corrected chi connectivity index (χ3v) is 7.09. The van der Waals surface area contributed by atoms with Crippen molar-refractivity contribution in [2.24, 2.45) is 5.41 Å². The molecule has 0 radical (unpaired) electrons. The number of benzene rings is 1. The van der Waals surface area contributed by atoms with Gasteiger partial charge in [-0.3, -0.25) is 9.78 Å². The van der Waals surface area contributed by atoms with Gasteiger partial charge < -0.3 is 10.2 Å². The van der Waals surface area contributed by atoms with Gasteiger partial charge in [0.1, 0.15) is 0 Å². The summed E-state index contributed by atoms with van der Waals surface area (Å²) in [6.45, 7) is 4.61. The smallest absolute Gasteiger partial charge is 0.226 e. The number of nitrogens with one attached hydrogen (secondary N) is 1. The fourth-order valence-corrected chi connectivity index (χ4v) is 5.26. The Bertz CT molecular complexity index is 1320. The standard InChI is InChI=1S/C25H25N5O/c1-17-4-5-19-15-18(6-7-21(19)28-17)20-16-27-30-12-2-3-22(23(20)30)29-13-9-25(10-14-29)8-11-26-24(25)31/h2-7,12,15-16H,8-11,13-14H2,1H3,(H,26,31). The van der Waals surface area contributed by atoms with E-state index in [1.807, 2.05) is 23.8 Å². The van der Waals surface area contributed by atoms with Gasteiger partial charge in [-0.1, -0.05) is 12.1 Å². The lowest BCUT2D eigenvalue weighted by atomic mass is 9.77. The predicted octanol–water partition coefficient (Wildman–Crippen LogP) is 3.96. The van der Waals surface area contributed by atoms with Crippen molar-refractivity contribution in [1.82, 2.24) is 19.9 Å². The van der Waals surface area contributed by atoms with Crippen LogP contribution in [0, 0.1) is 12.3 Å².